The quantitative estimate of drug-likeness (QED) is 0.223. The maximum absolute atomic E-state index is 13.3. The summed E-state index contributed by atoms with van der Waals surface area (Å²) in [5.41, 5.74) is 0.365. The molecular formula is C22H22Br2ClNO5. The molecule has 0 aromatic heterocycles. The van der Waals surface area contributed by atoms with Crippen molar-refractivity contribution in [1.29, 1.82) is 0 Å². The minimum atomic E-state index is -1.05. The summed E-state index contributed by atoms with van der Waals surface area (Å²) < 4.78 is 5.27. The molecule has 1 aromatic rings. The molecule has 1 aromatic carbocycles. The van der Waals surface area contributed by atoms with Crippen molar-refractivity contribution in [3.05, 3.63) is 34.9 Å². The van der Waals surface area contributed by atoms with Gasteiger partial charge in [-0.25, -0.2) is 4.79 Å². The molecule has 166 valence electrons. The fraction of sp³-hybridized carbons (Fsp3) is 0.545. The van der Waals surface area contributed by atoms with E-state index in [9.17, 15) is 19.2 Å². The van der Waals surface area contributed by atoms with Gasteiger partial charge in [0.1, 0.15) is 6.04 Å². The van der Waals surface area contributed by atoms with Crippen LogP contribution >= 0.6 is 43.5 Å². The van der Waals surface area contributed by atoms with E-state index in [2.05, 4.69) is 31.9 Å². The van der Waals surface area contributed by atoms with Crippen LogP contribution in [-0.2, 0) is 19.1 Å². The SMILES string of the molecule is CC(C)[C@H](C(=O)OCC(=O)c1ccc(Cl)cc1)N1C(=O)[C@@H]2[C@@H]3C[C@H]([C@H](Br)[C@@H]3Br)[C@@H]2C1=O. The van der Waals surface area contributed by atoms with Crippen LogP contribution in [0.15, 0.2) is 24.3 Å². The van der Waals surface area contributed by atoms with Crippen LogP contribution in [0.1, 0.15) is 30.6 Å². The zero-order valence-electron chi connectivity index (χ0n) is 17.0. The highest BCUT2D eigenvalue weighted by Gasteiger charge is 2.67. The fourth-order valence-electron chi connectivity index (χ4n) is 5.26. The van der Waals surface area contributed by atoms with E-state index in [0.29, 0.717) is 10.6 Å². The normalized spacial score (nSPS) is 32.5. The number of halogens is 3. The minimum Gasteiger partial charge on any atom is -0.456 e. The van der Waals surface area contributed by atoms with Gasteiger partial charge in [-0.15, -0.1) is 0 Å². The Kier molecular flexibility index (Phi) is 6.36. The van der Waals surface area contributed by atoms with E-state index < -0.39 is 30.5 Å². The third kappa shape index (κ3) is 3.78. The number of alkyl halides is 2. The molecule has 3 fully saturated rings. The van der Waals surface area contributed by atoms with Gasteiger partial charge in [-0.2, -0.15) is 0 Å². The summed E-state index contributed by atoms with van der Waals surface area (Å²) in [6.45, 7) is 3.05. The highest BCUT2D eigenvalue weighted by Crippen LogP contribution is 2.60. The maximum Gasteiger partial charge on any atom is 0.330 e. The Morgan fingerprint density at radius 1 is 1.06 bits per heavy atom. The van der Waals surface area contributed by atoms with Gasteiger partial charge < -0.3 is 4.74 Å². The highest BCUT2D eigenvalue weighted by molar-refractivity contribution is 9.12. The van der Waals surface area contributed by atoms with Crippen molar-refractivity contribution >= 4 is 67.0 Å². The monoisotopic (exact) mass is 573 g/mol. The molecule has 1 aliphatic heterocycles. The number of benzene rings is 1. The number of carbonyl (C=O) groups is 4. The highest BCUT2D eigenvalue weighted by atomic mass is 79.9. The summed E-state index contributed by atoms with van der Waals surface area (Å²) in [7, 11) is 0. The predicted molar refractivity (Wildman–Crippen MR) is 121 cm³/mol. The number of ketones is 1. The van der Waals surface area contributed by atoms with Crippen molar-refractivity contribution < 1.29 is 23.9 Å². The van der Waals surface area contributed by atoms with E-state index in [1.54, 1.807) is 38.1 Å². The number of rotatable bonds is 6. The molecule has 0 spiro atoms. The lowest BCUT2D eigenvalue weighted by molar-refractivity contribution is -0.160. The van der Waals surface area contributed by atoms with Crippen LogP contribution in [0, 0.1) is 29.6 Å². The largest absolute Gasteiger partial charge is 0.456 e. The van der Waals surface area contributed by atoms with E-state index in [1.165, 1.54) is 0 Å². The second kappa shape index (κ2) is 8.60. The van der Waals surface area contributed by atoms with Gasteiger partial charge in [0, 0.05) is 20.2 Å². The molecule has 0 N–H and O–H groups in total. The number of hydrogen-bond acceptors (Lipinski definition) is 5. The fourth-order valence-corrected chi connectivity index (χ4v) is 7.26. The molecule has 2 saturated carbocycles. The first-order valence-corrected chi connectivity index (χ1v) is 12.4. The number of esters is 1. The second-order valence-corrected chi connectivity index (χ2v) is 11.3. The molecule has 4 rings (SSSR count). The number of likely N-dealkylation sites (tertiary alicyclic amines) is 1. The average molecular weight is 576 g/mol. The summed E-state index contributed by atoms with van der Waals surface area (Å²) in [5, 5.41) is 0.496. The molecule has 0 unspecified atom stereocenters. The molecule has 1 heterocycles. The Labute approximate surface area is 202 Å². The first-order chi connectivity index (χ1) is 14.6. The van der Waals surface area contributed by atoms with E-state index in [4.69, 9.17) is 16.3 Å². The van der Waals surface area contributed by atoms with Crippen LogP contribution in [0.3, 0.4) is 0 Å². The van der Waals surface area contributed by atoms with Crippen molar-refractivity contribution in [2.24, 2.45) is 29.6 Å². The molecule has 9 heteroatoms. The lowest BCUT2D eigenvalue weighted by Gasteiger charge is -2.28. The standard InChI is InChI=1S/C22H22Br2ClNO5/c1-9(2)19(22(30)31-8-14(27)10-3-5-11(25)6-4-10)26-20(28)15-12-7-13(16(15)21(26)29)18(24)17(12)23/h3-6,9,12-13,15-19H,7-8H2,1-2H3/t12-,13-,15-,16+,17-,18+,19+/m0/s1. The molecule has 1 saturated heterocycles. The van der Waals surface area contributed by atoms with Crippen molar-refractivity contribution in [2.75, 3.05) is 6.61 Å². The van der Waals surface area contributed by atoms with Crippen LogP contribution < -0.4 is 0 Å². The Morgan fingerprint density at radius 2 is 1.58 bits per heavy atom. The predicted octanol–water partition coefficient (Wildman–Crippen LogP) is 3.87. The first kappa shape index (κ1) is 22.9. The Morgan fingerprint density at radius 3 is 2.06 bits per heavy atom. The number of carbonyl (C=O) groups excluding carboxylic acids is 4. The van der Waals surface area contributed by atoms with Gasteiger partial charge in [-0.3, -0.25) is 19.3 Å². The maximum atomic E-state index is 13.3. The molecular weight excluding hydrogens is 554 g/mol. The molecule has 2 amide bonds. The van der Waals surface area contributed by atoms with Crippen molar-refractivity contribution in [3.63, 3.8) is 0 Å². The minimum absolute atomic E-state index is 0.0659. The van der Waals surface area contributed by atoms with Crippen LogP contribution in [0.2, 0.25) is 5.02 Å². The number of nitrogens with zero attached hydrogens (tertiary/aromatic N) is 1. The van der Waals surface area contributed by atoms with Gasteiger partial charge in [0.05, 0.1) is 11.8 Å². The Hall–Kier alpha value is -1.25. The van der Waals surface area contributed by atoms with Gasteiger partial charge >= 0.3 is 5.97 Å². The molecule has 2 aliphatic carbocycles. The number of amides is 2. The van der Waals surface area contributed by atoms with E-state index >= 15 is 0 Å². The molecule has 6 nitrogen and oxygen atoms in total. The van der Waals surface area contributed by atoms with Gasteiger partial charge in [-0.05, 0) is 48.4 Å². The second-order valence-electron chi connectivity index (χ2n) is 8.78. The first-order valence-electron chi connectivity index (χ1n) is 10.2. The molecule has 31 heavy (non-hydrogen) atoms. The number of ether oxygens (including phenoxy) is 1. The Bertz CT molecular complexity index is 904. The van der Waals surface area contributed by atoms with Gasteiger partial charge in [-0.1, -0.05) is 57.3 Å². The van der Waals surface area contributed by atoms with E-state index in [1.807, 2.05) is 0 Å². The topological polar surface area (TPSA) is 80.8 Å². The van der Waals surface area contributed by atoms with Crippen LogP contribution in [-0.4, -0.2) is 50.8 Å². The summed E-state index contributed by atoms with van der Waals surface area (Å²) >= 11 is 13.2. The van der Waals surface area contributed by atoms with Crippen molar-refractivity contribution in [2.45, 2.75) is 36.0 Å². The summed E-state index contributed by atoms with van der Waals surface area (Å²) in [6.07, 6.45) is 0.818. The molecule has 3 aliphatic rings. The summed E-state index contributed by atoms with van der Waals surface area (Å²) in [5.74, 6) is -2.74. The summed E-state index contributed by atoms with van der Waals surface area (Å²) in [4.78, 5) is 53.2. The van der Waals surface area contributed by atoms with Crippen molar-refractivity contribution in [3.8, 4) is 0 Å². The van der Waals surface area contributed by atoms with Crippen LogP contribution in [0.25, 0.3) is 0 Å². The number of hydrogen-bond donors (Lipinski definition) is 0. The van der Waals surface area contributed by atoms with Crippen LogP contribution in [0.4, 0.5) is 0 Å². The van der Waals surface area contributed by atoms with E-state index in [-0.39, 0.29) is 45.0 Å². The molecule has 2 bridgehead atoms. The number of imide groups is 1. The third-order valence-corrected chi connectivity index (χ3v) is 10.1. The van der Waals surface area contributed by atoms with Crippen LogP contribution in [0.5, 0.6) is 0 Å². The molecule has 7 atom stereocenters. The number of fused-ring (bicyclic) bond motifs is 5. The van der Waals surface area contributed by atoms with Gasteiger partial charge in [0.2, 0.25) is 11.8 Å². The van der Waals surface area contributed by atoms with E-state index in [0.717, 1.165) is 11.3 Å². The average Bonchev–Trinajstić information content (AvgIpc) is 3.33. The lowest BCUT2D eigenvalue weighted by Crippen LogP contribution is -2.50. The Balaban J connectivity index is 1.49. The van der Waals surface area contributed by atoms with Crippen molar-refractivity contribution in [1.82, 2.24) is 4.90 Å². The molecule has 0 radical (unpaired) electrons. The van der Waals surface area contributed by atoms with Gasteiger partial charge in [0.25, 0.3) is 0 Å². The smallest absolute Gasteiger partial charge is 0.330 e. The summed E-state index contributed by atoms with van der Waals surface area (Å²) in [6, 6.07) is 5.21. The number of Topliss-reactive ketones (excluding diaryl/α,β-unsaturated/α-hetero) is 1. The zero-order chi connectivity index (χ0) is 22.6. The van der Waals surface area contributed by atoms with Gasteiger partial charge in [0.15, 0.2) is 12.4 Å². The third-order valence-electron chi connectivity index (χ3n) is 6.68. The lowest BCUT2D eigenvalue weighted by atomic mass is 9.81. The zero-order valence-corrected chi connectivity index (χ0v) is 20.9.